The summed E-state index contributed by atoms with van der Waals surface area (Å²) in [4.78, 5) is 12.7. The molecule has 1 amide bonds. The fraction of sp³-hybridized carbons (Fsp3) is 0.278. The normalized spacial score (nSPS) is 11.0. The van der Waals surface area contributed by atoms with Crippen molar-refractivity contribution in [3.8, 4) is 17.2 Å². The van der Waals surface area contributed by atoms with E-state index in [4.69, 9.17) is 14.2 Å². The standard InChI is InChI=1S/C18H22N2O6S/c1-11-6-7-13(10-16(11)27(22,23)19-2)20-18(21)12-8-14(24-3)17(26-5)15(9-12)25-4/h6-10,19H,1-5H3,(H,20,21). The number of methoxy groups -OCH3 is 3. The topological polar surface area (TPSA) is 103 Å². The van der Waals surface area contributed by atoms with Crippen molar-refractivity contribution in [2.24, 2.45) is 0 Å². The third-order valence-corrected chi connectivity index (χ3v) is 5.49. The molecule has 0 unspecified atom stereocenters. The highest BCUT2D eigenvalue weighted by Gasteiger charge is 2.19. The van der Waals surface area contributed by atoms with E-state index in [9.17, 15) is 13.2 Å². The smallest absolute Gasteiger partial charge is 0.255 e. The third kappa shape index (κ3) is 4.32. The molecule has 0 fully saturated rings. The molecule has 0 aromatic heterocycles. The molecular weight excluding hydrogens is 372 g/mol. The van der Waals surface area contributed by atoms with E-state index in [2.05, 4.69) is 10.0 Å². The van der Waals surface area contributed by atoms with E-state index < -0.39 is 15.9 Å². The van der Waals surface area contributed by atoms with Crippen LogP contribution in [-0.4, -0.2) is 42.7 Å². The second kappa shape index (κ2) is 8.28. The summed E-state index contributed by atoms with van der Waals surface area (Å²) >= 11 is 0. The van der Waals surface area contributed by atoms with Crippen LogP contribution in [0.4, 0.5) is 5.69 Å². The third-order valence-electron chi connectivity index (χ3n) is 3.93. The largest absolute Gasteiger partial charge is 0.493 e. The molecule has 0 heterocycles. The number of hydrogen-bond acceptors (Lipinski definition) is 6. The molecule has 0 saturated heterocycles. The van der Waals surface area contributed by atoms with Crippen molar-refractivity contribution in [1.82, 2.24) is 4.72 Å². The molecule has 0 atom stereocenters. The minimum atomic E-state index is -3.64. The first-order valence-electron chi connectivity index (χ1n) is 7.93. The molecular formula is C18H22N2O6S. The van der Waals surface area contributed by atoms with Crippen LogP contribution in [0.1, 0.15) is 15.9 Å². The molecule has 2 rings (SSSR count). The molecule has 0 saturated carbocycles. The number of sulfonamides is 1. The Morgan fingerprint density at radius 3 is 2.04 bits per heavy atom. The summed E-state index contributed by atoms with van der Waals surface area (Å²) in [6, 6.07) is 7.66. The highest BCUT2D eigenvalue weighted by Crippen LogP contribution is 2.38. The Bertz CT molecular complexity index is 931. The molecule has 2 aromatic carbocycles. The molecule has 0 aliphatic carbocycles. The number of benzene rings is 2. The number of carbonyl (C=O) groups excluding carboxylic acids is 1. The average Bonchev–Trinajstić information content (AvgIpc) is 2.67. The molecule has 0 spiro atoms. The summed E-state index contributed by atoms with van der Waals surface area (Å²) in [5.41, 5.74) is 1.17. The van der Waals surface area contributed by atoms with Crippen molar-refractivity contribution < 1.29 is 27.4 Å². The second-order valence-electron chi connectivity index (χ2n) is 5.56. The maximum atomic E-state index is 12.6. The van der Waals surface area contributed by atoms with Gasteiger partial charge < -0.3 is 19.5 Å². The van der Waals surface area contributed by atoms with Crippen molar-refractivity contribution in [2.75, 3.05) is 33.7 Å². The van der Waals surface area contributed by atoms with Crippen LogP contribution in [-0.2, 0) is 10.0 Å². The van der Waals surface area contributed by atoms with E-state index in [1.54, 1.807) is 19.1 Å². The zero-order chi connectivity index (χ0) is 20.2. The summed E-state index contributed by atoms with van der Waals surface area (Å²) in [6.07, 6.45) is 0. The fourth-order valence-electron chi connectivity index (χ4n) is 2.49. The van der Waals surface area contributed by atoms with Crippen LogP contribution >= 0.6 is 0 Å². The van der Waals surface area contributed by atoms with E-state index in [-0.39, 0.29) is 10.5 Å². The summed E-state index contributed by atoms with van der Waals surface area (Å²) in [5.74, 6) is 0.592. The lowest BCUT2D eigenvalue weighted by molar-refractivity contribution is 0.102. The van der Waals surface area contributed by atoms with Gasteiger partial charge in [-0.1, -0.05) is 6.07 Å². The molecule has 0 aliphatic rings. The number of anilines is 1. The van der Waals surface area contributed by atoms with E-state index in [1.165, 1.54) is 46.6 Å². The van der Waals surface area contributed by atoms with Crippen LogP contribution in [0.3, 0.4) is 0 Å². The molecule has 0 aliphatic heterocycles. The number of amides is 1. The number of hydrogen-bond donors (Lipinski definition) is 2. The quantitative estimate of drug-likeness (QED) is 0.746. The van der Waals surface area contributed by atoms with Crippen LogP contribution in [0.5, 0.6) is 17.2 Å². The van der Waals surface area contributed by atoms with Gasteiger partial charge in [0.2, 0.25) is 15.8 Å². The molecule has 0 bridgehead atoms. The Hall–Kier alpha value is -2.78. The lowest BCUT2D eigenvalue weighted by atomic mass is 10.1. The van der Waals surface area contributed by atoms with Gasteiger partial charge in [-0.15, -0.1) is 0 Å². The van der Waals surface area contributed by atoms with Gasteiger partial charge in [-0.3, -0.25) is 4.79 Å². The minimum absolute atomic E-state index is 0.0905. The van der Waals surface area contributed by atoms with E-state index in [0.29, 0.717) is 28.5 Å². The van der Waals surface area contributed by atoms with Gasteiger partial charge in [-0.05, 0) is 43.8 Å². The van der Waals surface area contributed by atoms with E-state index in [0.717, 1.165) is 0 Å². The first-order valence-corrected chi connectivity index (χ1v) is 9.41. The molecule has 27 heavy (non-hydrogen) atoms. The molecule has 0 radical (unpaired) electrons. The first-order chi connectivity index (χ1) is 12.8. The van der Waals surface area contributed by atoms with Crippen molar-refractivity contribution in [2.45, 2.75) is 11.8 Å². The summed E-state index contributed by atoms with van der Waals surface area (Å²) in [6.45, 7) is 1.68. The van der Waals surface area contributed by atoms with Crippen molar-refractivity contribution in [3.63, 3.8) is 0 Å². The van der Waals surface area contributed by atoms with Gasteiger partial charge in [0.05, 0.1) is 26.2 Å². The Kier molecular flexibility index (Phi) is 6.29. The lowest BCUT2D eigenvalue weighted by Crippen LogP contribution is -2.20. The zero-order valence-electron chi connectivity index (χ0n) is 15.7. The zero-order valence-corrected chi connectivity index (χ0v) is 16.6. The lowest BCUT2D eigenvalue weighted by Gasteiger charge is -2.14. The predicted molar refractivity (Wildman–Crippen MR) is 101 cm³/mol. The van der Waals surface area contributed by atoms with Crippen molar-refractivity contribution >= 4 is 21.6 Å². The first kappa shape index (κ1) is 20.5. The Morgan fingerprint density at radius 1 is 0.963 bits per heavy atom. The summed E-state index contributed by atoms with van der Waals surface area (Å²) < 4.78 is 42.2. The van der Waals surface area contributed by atoms with Crippen molar-refractivity contribution in [1.29, 1.82) is 0 Å². The molecule has 2 aromatic rings. The van der Waals surface area contributed by atoms with Crippen LogP contribution in [0.15, 0.2) is 35.2 Å². The molecule has 2 N–H and O–H groups in total. The highest BCUT2D eigenvalue weighted by molar-refractivity contribution is 7.89. The molecule has 146 valence electrons. The van der Waals surface area contributed by atoms with Gasteiger partial charge >= 0.3 is 0 Å². The predicted octanol–water partition coefficient (Wildman–Crippen LogP) is 2.18. The summed E-state index contributed by atoms with van der Waals surface area (Å²) in [5, 5.41) is 2.68. The van der Waals surface area contributed by atoms with Crippen LogP contribution in [0.2, 0.25) is 0 Å². The van der Waals surface area contributed by atoms with E-state index >= 15 is 0 Å². The van der Waals surface area contributed by atoms with Crippen LogP contribution < -0.4 is 24.2 Å². The Morgan fingerprint density at radius 2 is 1.56 bits per heavy atom. The number of carbonyl (C=O) groups is 1. The minimum Gasteiger partial charge on any atom is -0.493 e. The molecule has 9 heteroatoms. The van der Waals surface area contributed by atoms with Gasteiger partial charge in [0, 0.05) is 11.3 Å². The number of aryl methyl sites for hydroxylation is 1. The summed E-state index contributed by atoms with van der Waals surface area (Å²) in [7, 11) is 2.06. The average molecular weight is 394 g/mol. The molecule has 8 nitrogen and oxygen atoms in total. The second-order valence-corrected chi connectivity index (χ2v) is 7.41. The maximum Gasteiger partial charge on any atom is 0.255 e. The number of nitrogens with one attached hydrogen (secondary N) is 2. The highest BCUT2D eigenvalue weighted by atomic mass is 32.2. The SMILES string of the molecule is CNS(=O)(=O)c1cc(NC(=O)c2cc(OC)c(OC)c(OC)c2)ccc1C. The fourth-order valence-corrected chi connectivity index (χ4v) is 3.49. The van der Waals surface area contributed by atoms with Crippen LogP contribution in [0, 0.1) is 6.92 Å². The van der Waals surface area contributed by atoms with Gasteiger partial charge in [-0.25, -0.2) is 13.1 Å². The van der Waals surface area contributed by atoms with Crippen LogP contribution in [0.25, 0.3) is 0 Å². The Balaban J connectivity index is 2.40. The van der Waals surface area contributed by atoms with Gasteiger partial charge in [-0.2, -0.15) is 0 Å². The maximum absolute atomic E-state index is 12.6. The van der Waals surface area contributed by atoms with E-state index in [1.807, 2.05) is 0 Å². The van der Waals surface area contributed by atoms with Gasteiger partial charge in [0.1, 0.15) is 0 Å². The van der Waals surface area contributed by atoms with Crippen molar-refractivity contribution in [3.05, 3.63) is 41.5 Å². The Labute approximate surface area is 158 Å². The number of ether oxygens (including phenoxy) is 3. The number of rotatable bonds is 7. The van der Waals surface area contributed by atoms with Gasteiger partial charge in [0.15, 0.2) is 11.5 Å². The van der Waals surface area contributed by atoms with Gasteiger partial charge in [0.25, 0.3) is 5.91 Å². The monoisotopic (exact) mass is 394 g/mol.